The molecule has 0 saturated heterocycles. The molecule has 0 radical (unpaired) electrons. The molecule has 2 aromatic carbocycles. The molecule has 0 bridgehead atoms. The van der Waals surface area contributed by atoms with Crippen molar-refractivity contribution >= 4 is 29.8 Å². The van der Waals surface area contributed by atoms with Gasteiger partial charge in [0.1, 0.15) is 29.3 Å². The molecule has 0 aliphatic rings. The smallest absolute Gasteiger partial charge is 0.408 e. The highest BCUT2D eigenvalue weighted by molar-refractivity contribution is 5.96. The van der Waals surface area contributed by atoms with E-state index in [9.17, 15) is 24.0 Å². The Hall–Kier alpha value is -4.41. The van der Waals surface area contributed by atoms with Crippen LogP contribution in [0.2, 0.25) is 0 Å². The monoisotopic (exact) mass is 652 g/mol. The van der Waals surface area contributed by atoms with Crippen molar-refractivity contribution in [2.45, 2.75) is 124 Å². The van der Waals surface area contributed by atoms with Gasteiger partial charge in [0, 0.05) is 12.0 Å². The third-order valence-electron chi connectivity index (χ3n) is 7.00. The summed E-state index contributed by atoms with van der Waals surface area (Å²) in [4.78, 5) is 68.8. The molecule has 4 amide bonds. The van der Waals surface area contributed by atoms with Crippen LogP contribution in [-0.2, 0) is 35.1 Å². The minimum atomic E-state index is -1.45. The Morgan fingerprint density at radius 2 is 1.34 bits per heavy atom. The highest BCUT2D eigenvalue weighted by Gasteiger charge is 2.43. The molecular formula is C36H52N4O7. The first-order chi connectivity index (χ1) is 21.5. The van der Waals surface area contributed by atoms with Gasteiger partial charge < -0.3 is 30.7 Å². The summed E-state index contributed by atoms with van der Waals surface area (Å²) in [5, 5.41) is 5.35. The summed E-state index contributed by atoms with van der Waals surface area (Å²) in [6.07, 6.45) is -1.33. The third-order valence-corrected chi connectivity index (χ3v) is 7.00. The topological polar surface area (TPSA) is 157 Å². The molecule has 0 fully saturated rings. The van der Waals surface area contributed by atoms with E-state index in [1.807, 2.05) is 50.2 Å². The normalized spacial score (nSPS) is 13.9. The van der Waals surface area contributed by atoms with Gasteiger partial charge in [0.15, 0.2) is 0 Å². The van der Waals surface area contributed by atoms with E-state index in [2.05, 4.69) is 10.6 Å². The van der Waals surface area contributed by atoms with Crippen LogP contribution in [-0.4, -0.2) is 63.5 Å². The molecule has 2 rings (SSSR count). The zero-order valence-corrected chi connectivity index (χ0v) is 29.6. The molecule has 4 N–H and O–H groups in total. The molecule has 0 aliphatic heterocycles. The van der Waals surface area contributed by atoms with Crippen molar-refractivity contribution < 1.29 is 33.4 Å². The van der Waals surface area contributed by atoms with E-state index in [1.54, 1.807) is 74.4 Å². The number of hydrogen-bond acceptors (Lipinski definition) is 7. The van der Waals surface area contributed by atoms with Gasteiger partial charge in [-0.1, -0.05) is 48.5 Å². The number of ether oxygens (including phenoxy) is 2. The maximum absolute atomic E-state index is 14.5. The van der Waals surface area contributed by atoms with Gasteiger partial charge in [-0.05, 0) is 98.4 Å². The summed E-state index contributed by atoms with van der Waals surface area (Å²) < 4.78 is 11.0. The summed E-state index contributed by atoms with van der Waals surface area (Å²) in [6.45, 7) is 19.2. The first kappa shape index (κ1) is 38.8. The molecule has 3 unspecified atom stereocenters. The van der Waals surface area contributed by atoms with Crippen LogP contribution in [0.4, 0.5) is 4.79 Å². The zero-order chi connectivity index (χ0) is 35.9. The number of carbonyl (C=O) groups excluding carboxylic acids is 5. The van der Waals surface area contributed by atoms with E-state index >= 15 is 0 Å². The summed E-state index contributed by atoms with van der Waals surface area (Å²) in [6, 6.07) is 10.7. The molecule has 0 heterocycles. The van der Waals surface area contributed by atoms with Crippen molar-refractivity contribution in [3.05, 3.63) is 70.8 Å². The predicted molar refractivity (Wildman–Crippen MR) is 180 cm³/mol. The Morgan fingerprint density at radius 1 is 0.766 bits per heavy atom. The van der Waals surface area contributed by atoms with Crippen molar-refractivity contribution in [1.29, 1.82) is 0 Å². The number of alkyl carbamates (subject to hydrolysis) is 1. The van der Waals surface area contributed by atoms with Crippen molar-refractivity contribution in [3.8, 4) is 0 Å². The number of nitrogens with zero attached hydrogens (tertiary/aromatic N) is 1. The van der Waals surface area contributed by atoms with Gasteiger partial charge in [0.05, 0.1) is 6.42 Å². The molecule has 2 aromatic rings. The average molecular weight is 653 g/mol. The summed E-state index contributed by atoms with van der Waals surface area (Å²) >= 11 is 0. The van der Waals surface area contributed by atoms with Crippen LogP contribution < -0.4 is 16.4 Å². The van der Waals surface area contributed by atoms with E-state index in [4.69, 9.17) is 15.2 Å². The number of esters is 1. The number of nitrogens with one attached hydrogen (secondary N) is 2. The second-order valence-corrected chi connectivity index (χ2v) is 14.8. The molecule has 0 saturated carbocycles. The van der Waals surface area contributed by atoms with Crippen molar-refractivity contribution in [3.63, 3.8) is 0 Å². The van der Waals surface area contributed by atoms with E-state index in [0.717, 1.165) is 16.7 Å². The summed E-state index contributed by atoms with van der Waals surface area (Å²) in [5.41, 5.74) is 5.86. The Labute approximate surface area is 278 Å². The minimum absolute atomic E-state index is 0.134. The largest absolute Gasteiger partial charge is 0.458 e. The fraction of sp³-hybridized carbons (Fsp3) is 0.528. The number of carbonyl (C=O) groups is 5. The Morgan fingerprint density at radius 3 is 1.83 bits per heavy atom. The lowest BCUT2D eigenvalue weighted by molar-refractivity contribution is -0.159. The second-order valence-electron chi connectivity index (χ2n) is 14.8. The molecule has 0 aliphatic carbocycles. The zero-order valence-electron chi connectivity index (χ0n) is 29.6. The maximum atomic E-state index is 14.5. The van der Waals surface area contributed by atoms with Crippen LogP contribution in [0.1, 0.15) is 97.0 Å². The van der Waals surface area contributed by atoms with Gasteiger partial charge in [-0.15, -0.1) is 0 Å². The van der Waals surface area contributed by atoms with Crippen LogP contribution in [0.15, 0.2) is 48.5 Å². The number of rotatable bonds is 11. The Kier molecular flexibility index (Phi) is 12.7. The molecule has 0 spiro atoms. The van der Waals surface area contributed by atoms with Crippen molar-refractivity contribution in [1.82, 2.24) is 15.5 Å². The molecule has 258 valence electrons. The minimum Gasteiger partial charge on any atom is -0.458 e. The van der Waals surface area contributed by atoms with Gasteiger partial charge in [0.2, 0.25) is 17.7 Å². The van der Waals surface area contributed by atoms with Crippen LogP contribution >= 0.6 is 0 Å². The van der Waals surface area contributed by atoms with Crippen LogP contribution in [0.3, 0.4) is 0 Å². The molecule has 11 heteroatoms. The fourth-order valence-electron chi connectivity index (χ4n) is 4.88. The van der Waals surface area contributed by atoms with E-state index in [-0.39, 0.29) is 6.42 Å². The lowest BCUT2D eigenvalue weighted by Gasteiger charge is -2.43. The van der Waals surface area contributed by atoms with Crippen molar-refractivity contribution in [2.75, 3.05) is 0 Å². The van der Waals surface area contributed by atoms with Gasteiger partial charge in [-0.3, -0.25) is 14.4 Å². The standard InChI is InChI=1S/C36H52N4O7/c1-22-17-18-25(19-23(22)2)29(30(42)38-27(32(44)46-35(6,7)8)20-24-15-13-12-14-16-24)40(34(3,4)5)31(43)26(21-28(37)41)39-33(45)47-36(9,10)11/h12-19,26-27,29H,20-21H2,1-11H3,(H2,37,41)(H,38,42)(H,39,45). The Balaban J connectivity index is 2.70. The van der Waals surface area contributed by atoms with Crippen molar-refractivity contribution in [2.24, 2.45) is 5.73 Å². The van der Waals surface area contributed by atoms with Gasteiger partial charge in [-0.2, -0.15) is 0 Å². The van der Waals surface area contributed by atoms with Gasteiger partial charge in [0.25, 0.3) is 0 Å². The van der Waals surface area contributed by atoms with Crippen LogP contribution in [0, 0.1) is 13.8 Å². The number of nitrogens with two attached hydrogens (primary N) is 1. The van der Waals surface area contributed by atoms with E-state index in [0.29, 0.717) is 5.56 Å². The highest BCUT2D eigenvalue weighted by Crippen LogP contribution is 2.32. The quantitative estimate of drug-likeness (QED) is 0.294. The van der Waals surface area contributed by atoms with E-state index < -0.39 is 71.1 Å². The maximum Gasteiger partial charge on any atom is 0.408 e. The highest BCUT2D eigenvalue weighted by atomic mass is 16.6. The lowest BCUT2D eigenvalue weighted by atomic mass is 9.93. The predicted octanol–water partition coefficient (Wildman–Crippen LogP) is 4.81. The third kappa shape index (κ3) is 12.4. The SMILES string of the molecule is Cc1ccc(C(C(=O)NC(Cc2ccccc2)C(=O)OC(C)(C)C)N(C(=O)C(CC(N)=O)NC(=O)OC(C)(C)C)C(C)(C)C)cc1C. The summed E-state index contributed by atoms with van der Waals surface area (Å²) in [7, 11) is 0. The molecule has 47 heavy (non-hydrogen) atoms. The number of amides is 4. The van der Waals surface area contributed by atoms with Crippen LogP contribution in [0.25, 0.3) is 0 Å². The molecule has 3 atom stereocenters. The van der Waals surface area contributed by atoms with Gasteiger partial charge >= 0.3 is 12.1 Å². The fourth-order valence-corrected chi connectivity index (χ4v) is 4.88. The van der Waals surface area contributed by atoms with Crippen LogP contribution in [0.5, 0.6) is 0 Å². The number of hydrogen-bond donors (Lipinski definition) is 3. The first-order valence-corrected chi connectivity index (χ1v) is 15.7. The number of primary amides is 1. The molecule has 0 aromatic heterocycles. The molecule has 11 nitrogen and oxygen atoms in total. The second kappa shape index (κ2) is 15.5. The number of aryl methyl sites for hydroxylation is 2. The first-order valence-electron chi connectivity index (χ1n) is 15.7. The Bertz CT molecular complexity index is 1440. The number of benzene rings is 2. The molecular weight excluding hydrogens is 600 g/mol. The summed E-state index contributed by atoms with van der Waals surface area (Å²) in [5.74, 6) is -2.87. The van der Waals surface area contributed by atoms with Gasteiger partial charge in [-0.25, -0.2) is 9.59 Å². The van der Waals surface area contributed by atoms with E-state index in [1.165, 1.54) is 4.90 Å². The lowest BCUT2D eigenvalue weighted by Crippen LogP contribution is -2.60. The average Bonchev–Trinajstić information content (AvgIpc) is 2.89.